The third-order valence-corrected chi connectivity index (χ3v) is 11.7. The van der Waals surface area contributed by atoms with Crippen molar-refractivity contribution in [2.45, 2.75) is 132 Å². The molecule has 0 bridgehead atoms. The van der Waals surface area contributed by atoms with Crippen LogP contribution in [0.4, 0.5) is 0 Å². The summed E-state index contributed by atoms with van der Waals surface area (Å²) in [4.78, 5) is 116. The normalized spacial score (nSPS) is 13.6. The minimum absolute atomic E-state index is 0. The van der Waals surface area contributed by atoms with Crippen LogP contribution < -0.4 is 36.8 Å². The first-order valence-electron chi connectivity index (χ1n) is 23.4. The number of aliphatic hydroxyl groups is 10. The Bertz CT molecular complexity index is 1710. The predicted octanol–water partition coefficient (Wildman–Crippen LogP) is -7.64. The predicted molar refractivity (Wildman–Crippen MR) is 263 cm³/mol. The summed E-state index contributed by atoms with van der Waals surface area (Å²) in [7, 11) is -3.01. The fourth-order valence-electron chi connectivity index (χ4n) is 4.57. The van der Waals surface area contributed by atoms with E-state index in [1.165, 1.54) is 69.2 Å². The zero-order chi connectivity index (χ0) is 60.0. The molecule has 442 valence electrons. The third kappa shape index (κ3) is 33.2. The van der Waals surface area contributed by atoms with Gasteiger partial charge in [-0.15, -0.1) is 0 Å². The van der Waals surface area contributed by atoms with Crippen LogP contribution >= 0.6 is 8.60 Å². The molecule has 0 unspecified atom stereocenters. The Balaban J connectivity index is -0.000000695. The van der Waals surface area contributed by atoms with E-state index in [0.717, 1.165) is 0 Å². The maximum absolute atomic E-state index is 12.4. The number of aliphatic hydroxyl groups excluding tert-OH is 10. The Hall–Kier alpha value is -4.01. The van der Waals surface area contributed by atoms with Crippen molar-refractivity contribution < 1.29 is 123 Å². The molecular weight excluding hydrogens is 1080 g/mol. The first-order chi connectivity index (χ1) is 34.8. The van der Waals surface area contributed by atoms with Gasteiger partial charge in [-0.25, -0.2) is 0 Å². The van der Waals surface area contributed by atoms with Crippen molar-refractivity contribution in [1.82, 2.24) is 26.6 Å². The second-order valence-electron chi connectivity index (χ2n) is 20.3. The van der Waals surface area contributed by atoms with E-state index in [1.807, 2.05) is 0 Å². The van der Waals surface area contributed by atoms with Crippen LogP contribution in [-0.4, -0.2) is 244 Å². The third-order valence-electron chi connectivity index (χ3n) is 10.7. The molecule has 0 aliphatic rings. The zero-order valence-corrected chi connectivity index (χ0v) is 48.3. The van der Waals surface area contributed by atoms with E-state index >= 15 is 0 Å². The summed E-state index contributed by atoms with van der Waals surface area (Å²) in [5.41, 5.74) is -5.40. The molecule has 0 aliphatic heterocycles. The van der Waals surface area contributed by atoms with Gasteiger partial charge in [-0.1, -0.05) is 69.2 Å². The first kappa shape index (κ1) is 79.5. The van der Waals surface area contributed by atoms with Gasteiger partial charge in [0.1, 0.15) is 30.5 Å². The monoisotopic (exact) mass is 1160 g/mol. The van der Waals surface area contributed by atoms with Gasteiger partial charge in [-0.2, -0.15) is 0 Å². The number of nitrogens with one attached hydrogen (secondary N) is 5. The minimum atomic E-state index is -3.01. The molecule has 0 fully saturated rings. The molecule has 32 heteroatoms. The van der Waals surface area contributed by atoms with Crippen LogP contribution in [0.2, 0.25) is 0 Å². The fraction of sp³-hybridized carbons (Fsp3) is 0.778. The van der Waals surface area contributed by atoms with E-state index in [9.17, 15) is 99.0 Å². The number of carboxylic acids is 2. The first-order valence-corrected chi connectivity index (χ1v) is 24.5. The van der Waals surface area contributed by atoms with Crippen molar-refractivity contribution >= 4 is 106 Å². The number of amides is 5. The number of rotatable bonds is 33. The second kappa shape index (κ2) is 38.6. The molecule has 0 aromatic heterocycles. The summed E-state index contributed by atoms with van der Waals surface area (Å²) in [6.07, 6.45) is -9.70. The van der Waals surface area contributed by atoms with E-state index in [2.05, 4.69) is 26.6 Å². The van der Waals surface area contributed by atoms with E-state index in [-0.39, 0.29) is 96.5 Å². The maximum atomic E-state index is 12.4. The molecule has 0 aromatic rings. The SMILES string of the molecule is CC(C)(CO)[C@@H](O)C(=O)NCCC(=O)OP(OC(=O)CCNC(=O)[C@H](O)C(C)(C)CO)OC(=O)CCNC(=O)[C@H](O)C(C)(C)CO.CC(C)(CO)[C@@H](O)C(=O)NCCC(=O)[O-].CC(C)(CO)[C@@H](O)C(=O)NCCC(=O)[O-].[Ca+2]. The van der Waals surface area contributed by atoms with Crippen LogP contribution in [-0.2, 0) is 61.5 Å². The van der Waals surface area contributed by atoms with Gasteiger partial charge in [0.05, 0.1) is 52.3 Å². The van der Waals surface area contributed by atoms with Crippen molar-refractivity contribution in [1.29, 1.82) is 0 Å². The van der Waals surface area contributed by atoms with Gasteiger partial charge in [-0.05, 0) is 0 Å². The molecule has 0 heterocycles. The molecule has 5 amide bonds. The average molecular weight is 1160 g/mol. The number of hydrogen-bond donors (Lipinski definition) is 15. The van der Waals surface area contributed by atoms with Gasteiger partial charge in [0.15, 0.2) is 0 Å². The summed E-state index contributed by atoms with van der Waals surface area (Å²) in [5, 5.41) is 126. The van der Waals surface area contributed by atoms with Crippen LogP contribution in [0.5, 0.6) is 0 Å². The van der Waals surface area contributed by atoms with Gasteiger partial charge < -0.3 is 111 Å². The minimum Gasteiger partial charge on any atom is -0.550 e. The topological polar surface area (TPSA) is 507 Å². The van der Waals surface area contributed by atoms with Crippen LogP contribution in [0.1, 0.15) is 101 Å². The Morgan fingerprint density at radius 3 is 0.662 bits per heavy atom. The number of hydrogen-bond acceptors (Lipinski definition) is 25. The van der Waals surface area contributed by atoms with E-state index in [4.69, 9.17) is 23.8 Å². The standard InChI is InChI=1S/C27H48N3O15P.2C9H17NO5.Ca/c1-25(2,13-31)19(37)22(40)28-10-7-16(34)43-46(44-17(35)8-11-29-23(41)20(38)26(3,4)14-32)45-18(36)9-12-30-24(42)21(39)27(5,6)15-33;2*1-9(2,5-11)7(14)8(15)10-4-3-6(12)13;/h19-21,31-33,37-39H,7-15H2,1-6H3,(H,28,40)(H,29,41)(H,30,42);2*7,11,14H,3-5H2,1-2H3,(H,10,15)(H,12,13);/q;;;+2/p-2/t19-,20-,21-;2*7-;/m000./s1. The van der Waals surface area contributed by atoms with Crippen molar-refractivity contribution in [2.75, 3.05) is 65.8 Å². The van der Waals surface area contributed by atoms with Gasteiger partial charge in [-0.3, -0.25) is 38.4 Å². The van der Waals surface area contributed by atoms with Crippen molar-refractivity contribution in [2.24, 2.45) is 27.1 Å². The van der Waals surface area contributed by atoms with Crippen LogP contribution in [0.25, 0.3) is 0 Å². The summed E-state index contributed by atoms with van der Waals surface area (Å²) in [6, 6.07) is 0. The quantitative estimate of drug-likeness (QED) is 0.0214. The number of carboxylic acid groups (broad SMARTS) is 2. The molecule has 0 aromatic carbocycles. The van der Waals surface area contributed by atoms with Crippen LogP contribution in [0.15, 0.2) is 0 Å². The zero-order valence-electron chi connectivity index (χ0n) is 45.2. The Labute approximate surface area is 477 Å². The number of aliphatic carboxylic acids is 2. The largest absolute Gasteiger partial charge is 2.00 e. The van der Waals surface area contributed by atoms with Gasteiger partial charge in [0.2, 0.25) is 29.5 Å². The molecular formula is C45H80CaN5O25P. The van der Waals surface area contributed by atoms with Gasteiger partial charge >= 0.3 is 64.2 Å². The molecule has 0 spiro atoms. The van der Waals surface area contributed by atoms with Crippen molar-refractivity contribution in [3.63, 3.8) is 0 Å². The second-order valence-corrected chi connectivity index (χ2v) is 21.3. The summed E-state index contributed by atoms with van der Waals surface area (Å²) >= 11 is 0. The molecule has 0 saturated heterocycles. The molecule has 15 N–H and O–H groups in total. The average Bonchev–Trinajstić information content (AvgIpc) is 3.34. The summed E-state index contributed by atoms with van der Waals surface area (Å²) < 4.78 is 14.8. The smallest absolute Gasteiger partial charge is 0.550 e. The number of carbonyl (C=O) groups excluding carboxylic acids is 10. The molecule has 30 nitrogen and oxygen atoms in total. The Kier molecular flexibility index (Phi) is 39.8. The Morgan fingerprint density at radius 2 is 0.519 bits per heavy atom. The summed E-state index contributed by atoms with van der Waals surface area (Å²) in [5.74, 6) is -9.85. The molecule has 5 atom stereocenters. The van der Waals surface area contributed by atoms with E-state index in [0.29, 0.717) is 0 Å². The van der Waals surface area contributed by atoms with E-state index < -0.39 is 165 Å². The molecule has 0 rings (SSSR count). The molecule has 0 aliphatic carbocycles. The van der Waals surface area contributed by atoms with Crippen LogP contribution in [0, 0.1) is 27.1 Å². The summed E-state index contributed by atoms with van der Waals surface area (Å²) in [6.45, 7) is 11.3. The molecule has 0 saturated carbocycles. The van der Waals surface area contributed by atoms with Gasteiger partial charge in [0.25, 0.3) is 0 Å². The molecule has 0 radical (unpaired) electrons. The molecule has 77 heavy (non-hydrogen) atoms. The van der Waals surface area contributed by atoms with Gasteiger partial charge in [0, 0.05) is 84.6 Å². The van der Waals surface area contributed by atoms with E-state index in [1.54, 1.807) is 0 Å². The Morgan fingerprint density at radius 1 is 0.364 bits per heavy atom. The van der Waals surface area contributed by atoms with Crippen molar-refractivity contribution in [3.8, 4) is 0 Å². The maximum Gasteiger partial charge on any atom is 2.00 e. The fourth-order valence-corrected chi connectivity index (χ4v) is 5.46. The van der Waals surface area contributed by atoms with Crippen molar-refractivity contribution in [3.05, 3.63) is 0 Å². The van der Waals surface area contributed by atoms with Crippen LogP contribution in [0.3, 0.4) is 0 Å². The number of carbonyl (C=O) groups is 10.